The van der Waals surface area contributed by atoms with Crippen LogP contribution in [0.5, 0.6) is 5.75 Å². The molecule has 0 aliphatic heterocycles. The van der Waals surface area contributed by atoms with Crippen LogP contribution in [-0.4, -0.2) is 17.0 Å². The van der Waals surface area contributed by atoms with Crippen molar-refractivity contribution in [1.82, 2.24) is 10.4 Å². The maximum Gasteiger partial charge on any atom is 0.483 e. The zero-order chi connectivity index (χ0) is 14.8. The number of hydrogen-bond acceptors (Lipinski definition) is 5. The molecule has 0 spiro atoms. The van der Waals surface area contributed by atoms with Gasteiger partial charge in [0.05, 0.1) is 0 Å². The highest BCUT2D eigenvalue weighted by Crippen LogP contribution is 2.27. The van der Waals surface area contributed by atoms with Crippen LogP contribution in [0.4, 0.5) is 8.78 Å². The first-order valence-electron chi connectivity index (χ1n) is 5.53. The van der Waals surface area contributed by atoms with Gasteiger partial charge in [0.15, 0.2) is 0 Å². The lowest BCUT2D eigenvalue weighted by molar-refractivity contribution is -0.192. The van der Waals surface area contributed by atoms with Gasteiger partial charge in [0.2, 0.25) is 0 Å². The molecule has 0 atom stereocenters. The van der Waals surface area contributed by atoms with Gasteiger partial charge in [0.25, 0.3) is 0 Å². The summed E-state index contributed by atoms with van der Waals surface area (Å²) >= 11 is 1.45. The Labute approximate surface area is 117 Å². The molecule has 5 nitrogen and oxygen atoms in total. The normalized spacial score (nSPS) is 11.2. The van der Waals surface area contributed by atoms with Gasteiger partial charge < -0.3 is 4.74 Å². The quantitative estimate of drug-likeness (QED) is 0.515. The van der Waals surface area contributed by atoms with Crippen LogP contribution in [0.1, 0.15) is 5.69 Å². The van der Waals surface area contributed by atoms with Crippen molar-refractivity contribution in [2.75, 3.05) is 0 Å². The van der Waals surface area contributed by atoms with E-state index in [0.717, 1.165) is 16.3 Å². The number of alkyl halides is 2. The van der Waals surface area contributed by atoms with Gasteiger partial charge in [-0.2, -0.15) is 8.78 Å². The number of thiazole rings is 1. The monoisotopic (exact) mass is 299 g/mol. The summed E-state index contributed by atoms with van der Waals surface area (Å²) in [6.45, 7) is 1.86. The molecule has 0 radical (unpaired) electrons. The SMILES string of the molecule is Cc1csc(-c2ccc(OC(F)(F)C(=O)NN)cc2)n1. The molecular weight excluding hydrogens is 288 g/mol. The highest BCUT2D eigenvalue weighted by atomic mass is 32.1. The number of nitrogens with two attached hydrogens (primary N) is 1. The Bertz CT molecular complexity index is 613. The first kappa shape index (κ1) is 14.4. The number of nitrogens with zero attached hydrogens (tertiary/aromatic N) is 1. The third-order valence-corrected chi connectivity index (χ3v) is 3.37. The number of halogens is 2. The zero-order valence-electron chi connectivity index (χ0n) is 10.4. The number of carbonyl (C=O) groups is 1. The van der Waals surface area contributed by atoms with Gasteiger partial charge in [-0.1, -0.05) is 0 Å². The number of benzene rings is 1. The van der Waals surface area contributed by atoms with Crippen molar-refractivity contribution in [3.8, 4) is 16.3 Å². The molecule has 1 heterocycles. The second-order valence-electron chi connectivity index (χ2n) is 3.91. The molecule has 0 aliphatic rings. The smallest absolute Gasteiger partial charge is 0.425 e. The highest BCUT2D eigenvalue weighted by Gasteiger charge is 2.41. The zero-order valence-corrected chi connectivity index (χ0v) is 11.2. The predicted octanol–water partition coefficient (Wildman–Crippen LogP) is 2.08. The highest BCUT2D eigenvalue weighted by molar-refractivity contribution is 7.13. The summed E-state index contributed by atoms with van der Waals surface area (Å²) in [7, 11) is 0. The Morgan fingerprint density at radius 3 is 2.55 bits per heavy atom. The van der Waals surface area contributed by atoms with Crippen molar-refractivity contribution in [2.24, 2.45) is 5.84 Å². The van der Waals surface area contributed by atoms with Crippen LogP contribution in [-0.2, 0) is 4.79 Å². The molecular formula is C12H11F2N3O2S. The molecule has 106 valence electrons. The minimum absolute atomic E-state index is 0.143. The summed E-state index contributed by atoms with van der Waals surface area (Å²) in [5.74, 6) is 2.79. The van der Waals surface area contributed by atoms with Crippen molar-refractivity contribution in [2.45, 2.75) is 13.0 Å². The number of hydrogen-bond donors (Lipinski definition) is 2. The van der Waals surface area contributed by atoms with Gasteiger partial charge in [-0.25, -0.2) is 10.8 Å². The average Bonchev–Trinajstić information content (AvgIpc) is 2.85. The number of amides is 1. The van der Waals surface area contributed by atoms with E-state index in [1.54, 1.807) is 12.1 Å². The Balaban J connectivity index is 2.15. The van der Waals surface area contributed by atoms with E-state index in [9.17, 15) is 13.6 Å². The van der Waals surface area contributed by atoms with Crippen molar-refractivity contribution in [3.63, 3.8) is 0 Å². The fourth-order valence-electron chi connectivity index (χ4n) is 1.43. The molecule has 0 aliphatic carbocycles. The van der Waals surface area contributed by atoms with E-state index in [-0.39, 0.29) is 5.75 Å². The van der Waals surface area contributed by atoms with E-state index < -0.39 is 12.0 Å². The van der Waals surface area contributed by atoms with E-state index in [1.807, 2.05) is 12.3 Å². The van der Waals surface area contributed by atoms with Crippen molar-refractivity contribution in [3.05, 3.63) is 35.3 Å². The maximum atomic E-state index is 13.2. The van der Waals surface area contributed by atoms with Crippen LogP contribution < -0.4 is 16.0 Å². The van der Waals surface area contributed by atoms with E-state index >= 15 is 0 Å². The van der Waals surface area contributed by atoms with Crippen LogP contribution in [0, 0.1) is 6.92 Å². The number of carbonyl (C=O) groups excluding carboxylic acids is 1. The average molecular weight is 299 g/mol. The molecule has 3 N–H and O–H groups in total. The first-order valence-corrected chi connectivity index (χ1v) is 6.41. The van der Waals surface area contributed by atoms with Gasteiger partial charge >= 0.3 is 12.0 Å². The van der Waals surface area contributed by atoms with Gasteiger partial charge in [0.1, 0.15) is 10.8 Å². The molecule has 1 aromatic heterocycles. The van der Waals surface area contributed by atoms with Crippen molar-refractivity contribution >= 4 is 17.2 Å². The molecule has 1 aromatic carbocycles. The van der Waals surface area contributed by atoms with Crippen LogP contribution in [0.3, 0.4) is 0 Å². The molecule has 2 aromatic rings. The molecule has 2 rings (SSSR count). The fraction of sp³-hybridized carbons (Fsp3) is 0.167. The summed E-state index contributed by atoms with van der Waals surface area (Å²) < 4.78 is 30.7. The molecule has 20 heavy (non-hydrogen) atoms. The van der Waals surface area contributed by atoms with E-state index in [4.69, 9.17) is 0 Å². The molecule has 0 fully saturated rings. The van der Waals surface area contributed by atoms with Crippen LogP contribution >= 0.6 is 11.3 Å². The number of hydrazine groups is 1. The number of aryl methyl sites for hydroxylation is 1. The molecule has 0 unspecified atom stereocenters. The Kier molecular flexibility index (Phi) is 3.96. The second kappa shape index (κ2) is 5.51. The summed E-state index contributed by atoms with van der Waals surface area (Å²) in [4.78, 5) is 15.1. The number of nitrogens with one attached hydrogen (secondary N) is 1. The van der Waals surface area contributed by atoms with E-state index in [1.165, 1.54) is 28.9 Å². The minimum Gasteiger partial charge on any atom is -0.425 e. The van der Waals surface area contributed by atoms with Crippen molar-refractivity contribution in [1.29, 1.82) is 0 Å². The fourth-order valence-corrected chi connectivity index (χ4v) is 2.23. The molecule has 0 bridgehead atoms. The van der Waals surface area contributed by atoms with Crippen molar-refractivity contribution < 1.29 is 18.3 Å². The Hall–Kier alpha value is -2.06. The van der Waals surface area contributed by atoms with Crippen LogP contribution in [0.25, 0.3) is 10.6 Å². The molecule has 1 amide bonds. The Morgan fingerprint density at radius 2 is 2.05 bits per heavy atom. The first-order chi connectivity index (χ1) is 9.42. The number of rotatable bonds is 4. The van der Waals surface area contributed by atoms with Gasteiger partial charge in [-0.3, -0.25) is 10.2 Å². The summed E-state index contributed by atoms with van der Waals surface area (Å²) in [5.41, 5.74) is 3.01. The molecule has 8 heteroatoms. The van der Waals surface area contributed by atoms with Gasteiger partial charge in [-0.15, -0.1) is 11.3 Å². The standard InChI is InChI=1S/C12H11F2N3O2S/c1-7-6-20-10(16-7)8-2-4-9(5-3-8)19-12(13,14)11(18)17-15/h2-6H,15H2,1H3,(H,17,18). The third-order valence-electron chi connectivity index (χ3n) is 2.36. The number of ether oxygens (including phenoxy) is 1. The summed E-state index contributed by atoms with van der Waals surface area (Å²) in [6, 6.07) is 5.85. The lowest BCUT2D eigenvalue weighted by Crippen LogP contribution is -2.47. The lowest BCUT2D eigenvalue weighted by atomic mass is 10.2. The molecule has 0 saturated carbocycles. The predicted molar refractivity (Wildman–Crippen MR) is 70.2 cm³/mol. The topological polar surface area (TPSA) is 77.2 Å². The largest absolute Gasteiger partial charge is 0.483 e. The third kappa shape index (κ3) is 3.09. The summed E-state index contributed by atoms with van der Waals surface area (Å²) in [6.07, 6.45) is -4.02. The van der Waals surface area contributed by atoms with E-state index in [2.05, 4.69) is 15.6 Å². The molecule has 0 saturated heterocycles. The Morgan fingerprint density at radius 1 is 1.40 bits per heavy atom. The van der Waals surface area contributed by atoms with Gasteiger partial charge in [0, 0.05) is 16.6 Å². The van der Waals surface area contributed by atoms with Gasteiger partial charge in [-0.05, 0) is 31.2 Å². The van der Waals surface area contributed by atoms with E-state index in [0.29, 0.717) is 0 Å². The maximum absolute atomic E-state index is 13.2. The van der Waals surface area contributed by atoms with Crippen LogP contribution in [0.15, 0.2) is 29.6 Å². The minimum atomic E-state index is -4.02. The lowest BCUT2D eigenvalue weighted by Gasteiger charge is -2.15. The van der Waals surface area contributed by atoms with Crippen LogP contribution in [0.2, 0.25) is 0 Å². The summed E-state index contributed by atoms with van der Waals surface area (Å²) in [5, 5.41) is 2.67. The number of aromatic nitrogens is 1. The second-order valence-corrected chi connectivity index (χ2v) is 4.77.